The molecule has 1 aliphatic heterocycles. The van der Waals surface area contributed by atoms with E-state index >= 15 is 0 Å². The lowest BCUT2D eigenvalue weighted by atomic mass is 9.81. The first kappa shape index (κ1) is 17.1. The van der Waals surface area contributed by atoms with Gasteiger partial charge in [-0.2, -0.15) is 0 Å². The summed E-state index contributed by atoms with van der Waals surface area (Å²) in [5, 5.41) is 11.0. The normalized spacial score (nSPS) is 20.9. The molecule has 1 fully saturated rings. The molecule has 1 aromatic rings. The molecule has 0 bridgehead atoms. The van der Waals surface area contributed by atoms with Crippen molar-refractivity contribution in [2.45, 2.75) is 26.7 Å². The van der Waals surface area contributed by atoms with Crippen molar-refractivity contribution in [3.05, 3.63) is 28.3 Å². The maximum absolute atomic E-state index is 12.2. The van der Waals surface area contributed by atoms with Crippen molar-refractivity contribution >= 4 is 17.3 Å². The monoisotopic (exact) mass is 322 g/mol. The van der Waals surface area contributed by atoms with Crippen LogP contribution in [-0.2, 0) is 9.53 Å². The Bertz CT molecular complexity index is 604. The Morgan fingerprint density at radius 1 is 1.48 bits per heavy atom. The second-order valence-corrected chi connectivity index (χ2v) is 5.92. The van der Waals surface area contributed by atoms with Crippen LogP contribution in [0.3, 0.4) is 0 Å². The van der Waals surface area contributed by atoms with Crippen molar-refractivity contribution < 1.29 is 19.2 Å². The summed E-state index contributed by atoms with van der Waals surface area (Å²) in [7, 11) is 1.41. The van der Waals surface area contributed by atoms with Gasteiger partial charge in [-0.25, -0.2) is 0 Å². The molecule has 0 aliphatic carbocycles. The van der Waals surface area contributed by atoms with E-state index in [1.54, 1.807) is 19.1 Å². The minimum Gasteiger partial charge on any atom is -0.490 e. The highest BCUT2D eigenvalue weighted by Gasteiger charge is 2.39. The molecule has 0 saturated carbocycles. The Balaban J connectivity index is 2.24. The molecular formula is C16H22N2O5. The number of carbonyl (C=O) groups excluding carboxylic acids is 1. The van der Waals surface area contributed by atoms with E-state index in [-0.39, 0.29) is 17.4 Å². The summed E-state index contributed by atoms with van der Waals surface area (Å²) in [5.41, 5.74) is 0.174. The maximum atomic E-state index is 12.2. The molecule has 0 aromatic heterocycles. The van der Waals surface area contributed by atoms with Crippen molar-refractivity contribution in [2.75, 3.05) is 31.7 Å². The Hall–Kier alpha value is -2.31. The zero-order chi connectivity index (χ0) is 17.0. The molecule has 1 saturated heterocycles. The number of carbonyl (C=O) groups is 1. The van der Waals surface area contributed by atoms with Gasteiger partial charge in [-0.1, -0.05) is 0 Å². The highest BCUT2D eigenvalue weighted by atomic mass is 16.6. The Morgan fingerprint density at radius 2 is 2.22 bits per heavy atom. The zero-order valence-electron chi connectivity index (χ0n) is 13.7. The molecule has 0 radical (unpaired) electrons. The Labute approximate surface area is 135 Å². The van der Waals surface area contributed by atoms with Crippen LogP contribution in [0.4, 0.5) is 11.4 Å². The summed E-state index contributed by atoms with van der Waals surface area (Å²) in [4.78, 5) is 24.8. The maximum Gasteiger partial charge on any atom is 0.313 e. The van der Waals surface area contributed by atoms with Crippen molar-refractivity contribution in [3.63, 3.8) is 0 Å². The predicted octanol–water partition coefficient (Wildman–Crippen LogP) is 2.77. The van der Waals surface area contributed by atoms with E-state index in [0.717, 1.165) is 25.1 Å². The highest BCUT2D eigenvalue weighted by Crippen LogP contribution is 2.36. The number of rotatable bonds is 5. The van der Waals surface area contributed by atoms with Crippen molar-refractivity contribution in [1.29, 1.82) is 0 Å². The van der Waals surface area contributed by atoms with Crippen molar-refractivity contribution in [3.8, 4) is 5.75 Å². The summed E-state index contributed by atoms with van der Waals surface area (Å²) in [6, 6.07) is 4.77. The molecule has 2 rings (SSSR count). The predicted molar refractivity (Wildman–Crippen MR) is 85.8 cm³/mol. The van der Waals surface area contributed by atoms with Gasteiger partial charge in [0.15, 0.2) is 5.75 Å². The zero-order valence-corrected chi connectivity index (χ0v) is 13.7. The number of methoxy groups -OCH3 is 1. The molecular weight excluding hydrogens is 300 g/mol. The lowest BCUT2D eigenvalue weighted by Crippen LogP contribution is -2.46. The number of ether oxygens (including phenoxy) is 2. The van der Waals surface area contributed by atoms with E-state index in [1.165, 1.54) is 13.2 Å². The molecule has 0 amide bonds. The molecule has 0 spiro atoms. The number of hydrogen-bond acceptors (Lipinski definition) is 6. The molecule has 0 unspecified atom stereocenters. The lowest BCUT2D eigenvalue weighted by Gasteiger charge is -2.39. The molecule has 1 aromatic carbocycles. The smallest absolute Gasteiger partial charge is 0.313 e. The van der Waals surface area contributed by atoms with E-state index in [2.05, 4.69) is 0 Å². The van der Waals surface area contributed by atoms with Crippen LogP contribution >= 0.6 is 0 Å². The second-order valence-electron chi connectivity index (χ2n) is 5.92. The molecule has 7 nitrogen and oxygen atoms in total. The topological polar surface area (TPSA) is 81.9 Å². The third-order valence-corrected chi connectivity index (χ3v) is 4.19. The second kappa shape index (κ2) is 6.85. The van der Waals surface area contributed by atoms with Gasteiger partial charge < -0.3 is 14.4 Å². The number of benzene rings is 1. The number of piperidine rings is 1. The fraction of sp³-hybridized carbons (Fsp3) is 0.562. The van der Waals surface area contributed by atoms with Gasteiger partial charge >= 0.3 is 11.7 Å². The van der Waals surface area contributed by atoms with Gasteiger partial charge in [-0.15, -0.1) is 0 Å². The minimum absolute atomic E-state index is 0.0681. The summed E-state index contributed by atoms with van der Waals surface area (Å²) in [6.07, 6.45) is 1.63. The van der Waals surface area contributed by atoms with Crippen LogP contribution in [0.15, 0.2) is 18.2 Å². The summed E-state index contributed by atoms with van der Waals surface area (Å²) in [6.45, 7) is 5.37. The van der Waals surface area contributed by atoms with Gasteiger partial charge in [-0.3, -0.25) is 14.9 Å². The standard InChI is InChI=1S/C16H22N2O5/c1-4-23-15(19)16(2)8-5-9-17(11-16)12-6-7-13(18(20)21)14(10-12)22-3/h6-7,10H,4-5,8-9,11H2,1-3H3/t16-/m0/s1. The number of esters is 1. The number of hydrogen-bond donors (Lipinski definition) is 0. The van der Waals surface area contributed by atoms with E-state index in [1.807, 2.05) is 11.8 Å². The summed E-state index contributed by atoms with van der Waals surface area (Å²) >= 11 is 0. The number of nitro groups is 1. The Kier molecular flexibility index (Phi) is 5.08. The third kappa shape index (κ3) is 3.55. The van der Waals surface area contributed by atoms with Crippen LogP contribution in [0.2, 0.25) is 0 Å². The van der Waals surface area contributed by atoms with E-state index < -0.39 is 10.3 Å². The average molecular weight is 322 g/mol. The first-order valence-electron chi connectivity index (χ1n) is 7.66. The van der Waals surface area contributed by atoms with Crippen LogP contribution in [0.1, 0.15) is 26.7 Å². The molecule has 1 atom stereocenters. The number of nitro benzene ring substituents is 1. The molecule has 0 N–H and O–H groups in total. The van der Waals surface area contributed by atoms with Crippen LogP contribution in [0, 0.1) is 15.5 Å². The summed E-state index contributed by atoms with van der Waals surface area (Å²) in [5.74, 6) is 0.0227. The fourth-order valence-electron chi connectivity index (χ4n) is 2.95. The van der Waals surface area contributed by atoms with Gasteiger partial charge in [-0.05, 0) is 32.8 Å². The quantitative estimate of drug-likeness (QED) is 0.471. The third-order valence-electron chi connectivity index (χ3n) is 4.19. The average Bonchev–Trinajstić information content (AvgIpc) is 2.54. The van der Waals surface area contributed by atoms with Gasteiger partial charge in [0.2, 0.25) is 0 Å². The first-order chi connectivity index (χ1) is 10.9. The summed E-state index contributed by atoms with van der Waals surface area (Å²) < 4.78 is 10.3. The van der Waals surface area contributed by atoms with E-state index in [0.29, 0.717) is 13.2 Å². The van der Waals surface area contributed by atoms with E-state index in [9.17, 15) is 14.9 Å². The molecule has 7 heteroatoms. The van der Waals surface area contributed by atoms with Gasteiger partial charge in [0, 0.05) is 30.9 Å². The molecule has 1 heterocycles. The minimum atomic E-state index is -0.566. The van der Waals surface area contributed by atoms with Gasteiger partial charge in [0.25, 0.3) is 0 Å². The van der Waals surface area contributed by atoms with Gasteiger partial charge in [0.05, 0.1) is 24.1 Å². The lowest BCUT2D eigenvalue weighted by molar-refractivity contribution is -0.385. The molecule has 126 valence electrons. The largest absolute Gasteiger partial charge is 0.490 e. The number of nitrogens with zero attached hydrogens (tertiary/aromatic N) is 2. The molecule has 1 aliphatic rings. The Morgan fingerprint density at radius 3 is 2.83 bits per heavy atom. The molecule has 23 heavy (non-hydrogen) atoms. The number of anilines is 1. The van der Waals surface area contributed by atoms with Crippen molar-refractivity contribution in [2.24, 2.45) is 5.41 Å². The fourth-order valence-corrected chi connectivity index (χ4v) is 2.95. The van der Waals surface area contributed by atoms with Crippen LogP contribution in [0.5, 0.6) is 5.75 Å². The first-order valence-corrected chi connectivity index (χ1v) is 7.66. The van der Waals surface area contributed by atoms with Gasteiger partial charge in [0.1, 0.15) is 0 Å². The van der Waals surface area contributed by atoms with Crippen LogP contribution in [-0.4, -0.2) is 37.7 Å². The van der Waals surface area contributed by atoms with Crippen LogP contribution in [0.25, 0.3) is 0 Å². The van der Waals surface area contributed by atoms with Crippen LogP contribution < -0.4 is 9.64 Å². The SMILES string of the molecule is CCOC(=O)[C@@]1(C)CCCN(c2ccc([N+](=O)[O-])c(OC)c2)C1. The highest BCUT2D eigenvalue weighted by molar-refractivity contribution is 5.78. The van der Waals surface area contributed by atoms with E-state index in [4.69, 9.17) is 9.47 Å². The van der Waals surface area contributed by atoms with Crippen molar-refractivity contribution in [1.82, 2.24) is 0 Å².